The molecule has 0 bridgehead atoms. The Balaban J connectivity index is 1.88. The van der Waals surface area contributed by atoms with Gasteiger partial charge in [-0.25, -0.2) is 15.0 Å². The summed E-state index contributed by atoms with van der Waals surface area (Å²) in [5.74, 6) is 1.54. The van der Waals surface area contributed by atoms with Crippen molar-refractivity contribution in [1.29, 1.82) is 0 Å². The number of thiazole rings is 1. The van der Waals surface area contributed by atoms with Crippen molar-refractivity contribution in [3.8, 4) is 10.7 Å². The lowest BCUT2D eigenvalue weighted by atomic mass is 10.3. The highest BCUT2D eigenvalue weighted by Crippen LogP contribution is 2.21. The summed E-state index contributed by atoms with van der Waals surface area (Å²) in [6.45, 7) is 0. The third-order valence-electron chi connectivity index (χ3n) is 2.32. The highest BCUT2D eigenvalue weighted by molar-refractivity contribution is 7.13. The summed E-state index contributed by atoms with van der Waals surface area (Å²) < 4.78 is 0. The molecule has 0 aromatic carbocycles. The largest absolute Gasteiger partial charge is 0.325 e. The molecule has 3 heterocycles. The molecule has 0 spiro atoms. The van der Waals surface area contributed by atoms with Gasteiger partial charge < -0.3 is 5.32 Å². The number of aromatic nitrogens is 3. The summed E-state index contributed by atoms with van der Waals surface area (Å²) in [6, 6.07) is 11.5. The van der Waals surface area contributed by atoms with Crippen LogP contribution in [0.25, 0.3) is 10.7 Å². The molecule has 0 aliphatic carbocycles. The van der Waals surface area contributed by atoms with E-state index in [1.807, 2.05) is 41.8 Å². The molecule has 0 saturated heterocycles. The molecular weight excluding hydrogens is 244 g/mol. The van der Waals surface area contributed by atoms with Gasteiger partial charge in [0.2, 0.25) is 0 Å². The molecule has 18 heavy (non-hydrogen) atoms. The van der Waals surface area contributed by atoms with E-state index < -0.39 is 0 Å². The van der Waals surface area contributed by atoms with Crippen LogP contribution < -0.4 is 5.32 Å². The van der Waals surface area contributed by atoms with E-state index in [0.717, 1.165) is 22.3 Å². The van der Waals surface area contributed by atoms with E-state index in [0.29, 0.717) is 0 Å². The highest BCUT2D eigenvalue weighted by Gasteiger charge is 2.03. The Morgan fingerprint density at radius 2 is 1.83 bits per heavy atom. The van der Waals surface area contributed by atoms with Crippen LogP contribution in [0.3, 0.4) is 0 Å². The molecule has 4 nitrogen and oxygen atoms in total. The van der Waals surface area contributed by atoms with E-state index in [-0.39, 0.29) is 0 Å². The summed E-state index contributed by atoms with van der Waals surface area (Å²) in [7, 11) is 0. The van der Waals surface area contributed by atoms with Crippen LogP contribution >= 0.6 is 11.3 Å². The molecule has 3 rings (SSSR count). The number of nitrogens with one attached hydrogen (secondary N) is 1. The van der Waals surface area contributed by atoms with E-state index >= 15 is 0 Å². The Kier molecular flexibility index (Phi) is 2.97. The fraction of sp³-hybridized carbons (Fsp3) is 0. The molecule has 0 aliphatic rings. The van der Waals surface area contributed by atoms with Gasteiger partial charge in [0.1, 0.15) is 22.3 Å². The van der Waals surface area contributed by atoms with Crippen LogP contribution in [-0.4, -0.2) is 15.0 Å². The maximum absolute atomic E-state index is 4.51. The van der Waals surface area contributed by atoms with Crippen molar-refractivity contribution < 1.29 is 0 Å². The second-order valence-electron chi connectivity index (χ2n) is 3.59. The van der Waals surface area contributed by atoms with E-state index in [9.17, 15) is 0 Å². The SMILES string of the molecule is c1ccc(Nc2cccc(-c3nccs3)n2)nc1. The predicted octanol–water partition coefficient (Wildman–Crippen LogP) is 3.34. The average molecular weight is 254 g/mol. The molecule has 0 saturated carbocycles. The van der Waals surface area contributed by atoms with Gasteiger partial charge in [0, 0.05) is 17.8 Å². The van der Waals surface area contributed by atoms with Crippen LogP contribution in [0.15, 0.2) is 54.2 Å². The standard InChI is InChI=1S/C13H10N4S/c1-2-7-14-11(5-1)17-12-6-3-4-10(16-12)13-15-8-9-18-13/h1-9H,(H,14,16,17). The zero-order valence-electron chi connectivity index (χ0n) is 9.45. The molecule has 0 atom stereocenters. The summed E-state index contributed by atoms with van der Waals surface area (Å²) in [5.41, 5.74) is 0.867. The molecule has 0 amide bonds. The Morgan fingerprint density at radius 3 is 2.61 bits per heavy atom. The van der Waals surface area contributed by atoms with Crippen LogP contribution in [0.2, 0.25) is 0 Å². The third-order valence-corrected chi connectivity index (χ3v) is 3.12. The van der Waals surface area contributed by atoms with Gasteiger partial charge in [-0.2, -0.15) is 0 Å². The topological polar surface area (TPSA) is 50.7 Å². The molecule has 88 valence electrons. The molecule has 0 radical (unpaired) electrons. The smallest absolute Gasteiger partial charge is 0.141 e. The first kappa shape index (κ1) is 10.9. The van der Waals surface area contributed by atoms with Gasteiger partial charge in [-0.05, 0) is 24.3 Å². The minimum atomic E-state index is 0.765. The minimum absolute atomic E-state index is 0.765. The van der Waals surface area contributed by atoms with Gasteiger partial charge in [0.25, 0.3) is 0 Å². The second-order valence-corrected chi connectivity index (χ2v) is 4.48. The normalized spacial score (nSPS) is 10.2. The molecular formula is C13H10N4S. The first-order chi connectivity index (χ1) is 8.92. The number of rotatable bonds is 3. The summed E-state index contributed by atoms with van der Waals surface area (Å²) in [4.78, 5) is 13.0. The summed E-state index contributed by atoms with van der Waals surface area (Å²) in [6.07, 6.45) is 3.52. The first-order valence-corrected chi connectivity index (χ1v) is 6.35. The molecule has 3 aromatic rings. The van der Waals surface area contributed by atoms with E-state index in [2.05, 4.69) is 20.3 Å². The molecule has 0 fully saturated rings. The van der Waals surface area contributed by atoms with Crippen LogP contribution in [0.5, 0.6) is 0 Å². The van der Waals surface area contributed by atoms with Crippen molar-refractivity contribution >= 4 is 23.0 Å². The summed E-state index contributed by atoms with van der Waals surface area (Å²) >= 11 is 1.57. The minimum Gasteiger partial charge on any atom is -0.325 e. The van der Waals surface area contributed by atoms with Gasteiger partial charge in [-0.1, -0.05) is 12.1 Å². The van der Waals surface area contributed by atoms with Crippen LogP contribution in [0.4, 0.5) is 11.6 Å². The number of hydrogen-bond donors (Lipinski definition) is 1. The van der Waals surface area contributed by atoms with Crippen molar-refractivity contribution in [3.05, 3.63) is 54.2 Å². The maximum Gasteiger partial charge on any atom is 0.141 e. The lowest BCUT2D eigenvalue weighted by Crippen LogP contribution is -1.96. The fourth-order valence-electron chi connectivity index (χ4n) is 1.54. The van der Waals surface area contributed by atoms with E-state index in [1.165, 1.54) is 0 Å². The summed E-state index contributed by atoms with van der Waals surface area (Å²) in [5, 5.41) is 6.02. The van der Waals surface area contributed by atoms with Crippen molar-refractivity contribution in [2.75, 3.05) is 5.32 Å². The second kappa shape index (κ2) is 4.93. The van der Waals surface area contributed by atoms with Gasteiger partial charge in [-0.15, -0.1) is 11.3 Å². The van der Waals surface area contributed by atoms with E-state index in [1.54, 1.807) is 23.7 Å². The van der Waals surface area contributed by atoms with Crippen LogP contribution in [0.1, 0.15) is 0 Å². The monoisotopic (exact) mass is 254 g/mol. The first-order valence-electron chi connectivity index (χ1n) is 5.47. The Labute approximate surface area is 108 Å². The lowest BCUT2D eigenvalue weighted by molar-refractivity contribution is 1.24. The molecule has 5 heteroatoms. The van der Waals surface area contributed by atoms with Crippen LogP contribution in [-0.2, 0) is 0 Å². The molecule has 1 N–H and O–H groups in total. The zero-order valence-corrected chi connectivity index (χ0v) is 10.3. The molecule has 0 unspecified atom stereocenters. The van der Waals surface area contributed by atoms with Gasteiger partial charge in [0.05, 0.1) is 0 Å². The lowest BCUT2D eigenvalue weighted by Gasteiger charge is -2.05. The quantitative estimate of drug-likeness (QED) is 0.778. The van der Waals surface area contributed by atoms with Crippen molar-refractivity contribution in [2.45, 2.75) is 0 Å². The molecule has 3 aromatic heterocycles. The number of nitrogens with zero attached hydrogens (tertiary/aromatic N) is 3. The highest BCUT2D eigenvalue weighted by atomic mass is 32.1. The van der Waals surface area contributed by atoms with Crippen molar-refractivity contribution in [1.82, 2.24) is 15.0 Å². The van der Waals surface area contributed by atoms with Crippen molar-refractivity contribution in [3.63, 3.8) is 0 Å². The third kappa shape index (κ3) is 2.36. The van der Waals surface area contributed by atoms with Gasteiger partial charge >= 0.3 is 0 Å². The fourth-order valence-corrected chi connectivity index (χ4v) is 2.15. The Hall–Kier alpha value is -2.27. The Morgan fingerprint density at radius 1 is 0.889 bits per heavy atom. The van der Waals surface area contributed by atoms with Gasteiger partial charge in [0.15, 0.2) is 0 Å². The zero-order chi connectivity index (χ0) is 12.2. The predicted molar refractivity (Wildman–Crippen MR) is 72.9 cm³/mol. The van der Waals surface area contributed by atoms with E-state index in [4.69, 9.17) is 0 Å². The Bertz CT molecular complexity index is 623. The average Bonchev–Trinajstić information content (AvgIpc) is 2.94. The maximum atomic E-state index is 4.51. The number of pyridine rings is 2. The number of hydrogen-bond acceptors (Lipinski definition) is 5. The molecule has 0 aliphatic heterocycles. The van der Waals surface area contributed by atoms with Gasteiger partial charge in [-0.3, -0.25) is 0 Å². The number of anilines is 2. The van der Waals surface area contributed by atoms with Crippen molar-refractivity contribution in [2.24, 2.45) is 0 Å². The van der Waals surface area contributed by atoms with Crippen LogP contribution in [0, 0.1) is 0 Å².